The van der Waals surface area contributed by atoms with Crippen LogP contribution in [0.15, 0.2) is 12.2 Å². The Balaban J connectivity index is 2.13. The average molecular weight is 1060 g/mol. The summed E-state index contributed by atoms with van der Waals surface area (Å²) in [5.74, 6) is -4.00. The monoisotopic (exact) mass is 1060 g/mol. The van der Waals surface area contributed by atoms with E-state index in [-0.39, 0.29) is 108 Å². The van der Waals surface area contributed by atoms with Crippen molar-refractivity contribution in [2.75, 3.05) is 59.8 Å². The fourth-order valence-corrected chi connectivity index (χ4v) is 9.18. The lowest BCUT2D eigenvalue weighted by Gasteiger charge is -2.40. The normalized spacial score (nSPS) is 15.8. The lowest BCUT2D eigenvalue weighted by molar-refractivity contribution is -0.156. The van der Waals surface area contributed by atoms with E-state index in [4.69, 9.17) is 33.2 Å². The van der Waals surface area contributed by atoms with Crippen molar-refractivity contribution in [3.05, 3.63) is 12.2 Å². The number of unbranched alkanes of at least 4 members (excludes halogenated alkanes) is 20. The minimum absolute atomic E-state index is 0.119. The molecule has 2 aliphatic rings. The second-order valence-corrected chi connectivity index (χ2v) is 21.2. The highest BCUT2D eigenvalue weighted by atomic mass is 16.6. The first-order valence-corrected chi connectivity index (χ1v) is 29.6. The molecule has 0 unspecified atom stereocenters. The molecule has 1 fully saturated rings. The van der Waals surface area contributed by atoms with Crippen molar-refractivity contribution in [2.45, 2.75) is 251 Å². The van der Waals surface area contributed by atoms with E-state index < -0.39 is 42.0 Å². The highest BCUT2D eigenvalue weighted by molar-refractivity contribution is 5.73. The van der Waals surface area contributed by atoms with E-state index in [2.05, 4.69) is 27.7 Å². The van der Waals surface area contributed by atoms with Crippen LogP contribution in [0.2, 0.25) is 0 Å². The summed E-state index contributed by atoms with van der Waals surface area (Å²) in [5, 5.41) is 0. The van der Waals surface area contributed by atoms with Gasteiger partial charge in [-0.05, 0) is 45.6 Å². The lowest BCUT2D eigenvalue weighted by Crippen LogP contribution is -2.56. The third-order valence-corrected chi connectivity index (χ3v) is 13.9. The molecule has 0 aromatic rings. The summed E-state index contributed by atoms with van der Waals surface area (Å²) in [6.45, 7) is 8.85. The van der Waals surface area contributed by atoms with Gasteiger partial charge >= 0.3 is 41.9 Å². The molecule has 75 heavy (non-hydrogen) atoms. The Morgan fingerprint density at radius 3 is 1.00 bits per heavy atom. The maximum Gasteiger partial charge on any atom is 0.410 e. The first-order chi connectivity index (χ1) is 36.4. The number of nitrogens with zero attached hydrogens (tertiary/aromatic N) is 2. The zero-order chi connectivity index (χ0) is 54.7. The molecule has 1 amide bonds. The number of hydrogen-bond acceptors (Lipinski definition) is 15. The molecule has 0 aromatic carbocycles. The topological polar surface area (TPSA) is 191 Å². The number of hydrogen-bond donors (Lipinski definition) is 0. The van der Waals surface area contributed by atoms with Gasteiger partial charge in [-0.15, -0.1) is 0 Å². The van der Waals surface area contributed by atoms with Crippen molar-refractivity contribution >= 4 is 41.9 Å². The molecule has 1 saturated heterocycles. The van der Waals surface area contributed by atoms with Crippen LogP contribution in [-0.4, -0.2) is 130 Å². The van der Waals surface area contributed by atoms with Crippen LogP contribution in [0.3, 0.4) is 0 Å². The fourth-order valence-electron chi connectivity index (χ4n) is 9.18. The van der Waals surface area contributed by atoms with Gasteiger partial charge in [0.25, 0.3) is 0 Å². The highest BCUT2D eigenvalue weighted by Gasteiger charge is 2.38. The number of likely N-dealkylation sites (N-methyl/N-ethyl adjacent to an activating group) is 1. The molecule has 0 bridgehead atoms. The van der Waals surface area contributed by atoms with Crippen molar-refractivity contribution < 1.29 is 66.7 Å². The number of likely N-dealkylation sites (tertiary alicyclic amines) is 1. The van der Waals surface area contributed by atoms with Crippen molar-refractivity contribution in [1.82, 2.24) is 9.80 Å². The minimum atomic E-state index is -0.685. The largest absolute Gasteiger partial charge is 0.465 e. The van der Waals surface area contributed by atoms with Gasteiger partial charge < -0.3 is 33.2 Å². The predicted octanol–water partition coefficient (Wildman–Crippen LogP) is 12.1. The molecule has 2 atom stereocenters. The Labute approximate surface area is 452 Å². The van der Waals surface area contributed by atoms with Gasteiger partial charge in [-0.2, -0.15) is 0 Å². The summed E-state index contributed by atoms with van der Waals surface area (Å²) < 4.78 is 40.1. The first kappa shape index (κ1) is 66.9. The predicted molar refractivity (Wildman–Crippen MR) is 289 cm³/mol. The van der Waals surface area contributed by atoms with Crippen LogP contribution in [0.1, 0.15) is 233 Å². The van der Waals surface area contributed by atoms with E-state index >= 15 is 0 Å². The van der Waals surface area contributed by atoms with Crippen molar-refractivity contribution in [3.8, 4) is 0 Å². The van der Waals surface area contributed by atoms with Gasteiger partial charge in [-0.1, -0.05) is 168 Å². The van der Waals surface area contributed by atoms with Crippen LogP contribution >= 0.6 is 0 Å². The molecule has 2 rings (SSSR count). The van der Waals surface area contributed by atoms with Gasteiger partial charge in [0.05, 0.1) is 51.4 Å². The Kier molecular flexibility index (Phi) is 39.1. The molecule has 0 radical (unpaired) electrons. The summed E-state index contributed by atoms with van der Waals surface area (Å²) in [5.41, 5.74) is 0. The second-order valence-electron chi connectivity index (χ2n) is 21.2. The van der Waals surface area contributed by atoms with Gasteiger partial charge in [-0.3, -0.25) is 38.6 Å². The molecule has 0 saturated carbocycles. The number of esters is 6. The molecule has 16 nitrogen and oxygen atoms in total. The summed E-state index contributed by atoms with van der Waals surface area (Å²) >= 11 is 0. The standard InChI is InChI=1S/C59H102N2O14/c1-6-10-14-18-22-26-34-53(62)69-42-48(43-70-54(63)35-27-23-19-15-11-7-2)38-57(66)73-46-50-32-30-31-33-51(61(50)59(68)75-52-40-60(5)41-52)47-74-58(67)39-49(44-71-55(64)36-28-24-20-16-12-8-3)45-72-56(65)37-29-25-21-17-13-9-4/h30-31,48-52H,6-29,32-47H2,1-5H3/t50-,51-/m0/s1. The molecule has 0 aromatic heterocycles. The van der Waals surface area contributed by atoms with Crippen LogP contribution < -0.4 is 0 Å². The molecule has 16 heteroatoms. The molecular formula is C59H102N2O14. The van der Waals surface area contributed by atoms with Gasteiger partial charge in [0.1, 0.15) is 19.3 Å². The average Bonchev–Trinajstić information content (AvgIpc) is 3.59. The number of rotatable bonds is 45. The Morgan fingerprint density at radius 2 is 0.707 bits per heavy atom. The van der Waals surface area contributed by atoms with E-state index in [1.807, 2.05) is 24.1 Å². The maximum absolute atomic E-state index is 14.1. The quantitative estimate of drug-likeness (QED) is 0.0242. The molecule has 2 heterocycles. The summed E-state index contributed by atoms with van der Waals surface area (Å²) in [4.78, 5) is 95.7. The van der Waals surface area contributed by atoms with E-state index in [1.54, 1.807) is 0 Å². The molecule has 0 aliphatic carbocycles. The Bertz CT molecular complexity index is 1440. The molecule has 0 spiro atoms. The van der Waals surface area contributed by atoms with E-state index in [9.17, 15) is 33.6 Å². The number of carbonyl (C=O) groups is 7. The van der Waals surface area contributed by atoms with Crippen molar-refractivity contribution in [3.63, 3.8) is 0 Å². The lowest BCUT2D eigenvalue weighted by atomic mass is 10.1. The van der Waals surface area contributed by atoms with Crippen LogP contribution in [0.4, 0.5) is 4.79 Å². The van der Waals surface area contributed by atoms with E-state index in [1.165, 1.54) is 4.90 Å². The SMILES string of the molecule is CCCCCCCCC(=O)OCC(COC(=O)CCCCCCCC)CC(=O)OC[C@@H]1CC=CC[C@@H](COC(=O)CC(COC(=O)CCCCCCCC)COC(=O)CCCCCCCC)N1C(=O)OC1CN(C)C1. The van der Waals surface area contributed by atoms with Gasteiger partial charge in [0.2, 0.25) is 0 Å². The third-order valence-electron chi connectivity index (χ3n) is 13.9. The Morgan fingerprint density at radius 1 is 0.413 bits per heavy atom. The minimum Gasteiger partial charge on any atom is -0.465 e. The smallest absolute Gasteiger partial charge is 0.410 e. The zero-order valence-corrected chi connectivity index (χ0v) is 47.4. The van der Waals surface area contributed by atoms with Gasteiger partial charge in [0.15, 0.2) is 0 Å². The highest BCUT2D eigenvalue weighted by Crippen LogP contribution is 2.24. The fraction of sp³-hybridized carbons (Fsp3) is 0.847. The molecule has 432 valence electrons. The van der Waals surface area contributed by atoms with Crippen LogP contribution in [0.5, 0.6) is 0 Å². The van der Waals surface area contributed by atoms with Gasteiger partial charge in [-0.25, -0.2) is 4.79 Å². The number of carbonyl (C=O) groups excluding carboxylic acids is 7. The molecular weight excluding hydrogens is 961 g/mol. The number of ether oxygens (including phenoxy) is 7. The second kappa shape index (κ2) is 43.8. The molecule has 2 aliphatic heterocycles. The van der Waals surface area contributed by atoms with E-state index in [0.29, 0.717) is 51.6 Å². The summed E-state index contributed by atoms with van der Waals surface area (Å²) in [6, 6.07) is -1.37. The number of amides is 1. The van der Waals surface area contributed by atoms with E-state index in [0.717, 1.165) is 128 Å². The van der Waals surface area contributed by atoms with Gasteiger partial charge in [0, 0.05) is 50.6 Å². The third kappa shape index (κ3) is 34.2. The van der Waals surface area contributed by atoms with Crippen LogP contribution in [-0.2, 0) is 61.9 Å². The summed E-state index contributed by atoms with van der Waals surface area (Å²) in [6.07, 6.45) is 28.6. The van der Waals surface area contributed by atoms with Crippen molar-refractivity contribution in [1.29, 1.82) is 0 Å². The van der Waals surface area contributed by atoms with Crippen molar-refractivity contribution in [2.24, 2.45) is 11.8 Å². The van der Waals surface area contributed by atoms with Crippen LogP contribution in [0.25, 0.3) is 0 Å². The maximum atomic E-state index is 14.1. The summed E-state index contributed by atoms with van der Waals surface area (Å²) in [7, 11) is 1.92. The first-order valence-electron chi connectivity index (χ1n) is 29.6. The Hall–Kier alpha value is -4.21. The molecule has 0 N–H and O–H groups in total. The van der Waals surface area contributed by atoms with Crippen LogP contribution in [0, 0.1) is 11.8 Å². The zero-order valence-electron chi connectivity index (χ0n) is 47.4.